The molecule has 3 unspecified atom stereocenters. The van der Waals surface area contributed by atoms with Gasteiger partial charge in [0.05, 0.1) is 6.10 Å². The first-order valence-electron chi connectivity index (χ1n) is 11.5. The first kappa shape index (κ1) is 19.9. The van der Waals surface area contributed by atoms with Crippen LogP contribution in [0, 0.1) is 40.4 Å². The van der Waals surface area contributed by atoms with Gasteiger partial charge >= 0.3 is 0 Å². The van der Waals surface area contributed by atoms with Crippen LogP contribution in [-0.2, 0) is 0 Å². The zero-order valence-electron chi connectivity index (χ0n) is 17.5. The molecule has 0 radical (unpaired) electrons. The normalized spacial score (nSPS) is 47.8. The van der Waals surface area contributed by atoms with Gasteiger partial charge < -0.3 is 15.3 Å². The fraction of sp³-hybridized carbons (Fsp3) is 0.917. The molecule has 0 aromatic rings. The Kier molecular flexibility index (Phi) is 5.27. The second-order valence-electron chi connectivity index (χ2n) is 10.9. The standard InChI is InChI=1S/C24H40O3/c1-15(4-9-22(26)27)19-7-8-20-18-6-5-16-14-17(25)10-12-23(16,2)21(18)11-13-24(19,20)3/h7,15-18,20-22,25-27H,4-6,8-14H2,1-3H3/t15?,16?,17-,18?,20+,21+,23+,24-/m1/s1. The van der Waals surface area contributed by atoms with E-state index in [9.17, 15) is 15.3 Å². The lowest BCUT2D eigenvalue weighted by Gasteiger charge is -2.61. The van der Waals surface area contributed by atoms with Crippen LogP contribution < -0.4 is 0 Å². The second kappa shape index (κ2) is 7.15. The Bertz CT molecular complexity index is 584. The van der Waals surface area contributed by atoms with E-state index in [1.165, 1.54) is 38.5 Å². The number of hydrogen-bond donors (Lipinski definition) is 3. The summed E-state index contributed by atoms with van der Waals surface area (Å²) in [5.74, 6) is 3.63. The van der Waals surface area contributed by atoms with Gasteiger partial charge in [0.25, 0.3) is 0 Å². The summed E-state index contributed by atoms with van der Waals surface area (Å²) in [6.07, 6.45) is 12.4. The van der Waals surface area contributed by atoms with Crippen LogP contribution in [0.1, 0.15) is 85.0 Å². The Morgan fingerprint density at radius 3 is 2.56 bits per heavy atom. The number of aliphatic hydroxyl groups is 3. The van der Waals surface area contributed by atoms with Gasteiger partial charge in [-0.1, -0.05) is 32.4 Å². The monoisotopic (exact) mass is 376 g/mol. The van der Waals surface area contributed by atoms with Crippen molar-refractivity contribution < 1.29 is 15.3 Å². The Hall–Kier alpha value is -0.380. The third-order valence-corrected chi connectivity index (χ3v) is 9.67. The smallest absolute Gasteiger partial charge is 0.151 e. The van der Waals surface area contributed by atoms with E-state index < -0.39 is 6.29 Å². The summed E-state index contributed by atoms with van der Waals surface area (Å²) in [5.41, 5.74) is 2.37. The van der Waals surface area contributed by atoms with E-state index in [2.05, 4.69) is 26.8 Å². The van der Waals surface area contributed by atoms with E-state index in [0.717, 1.165) is 42.9 Å². The third-order valence-electron chi connectivity index (χ3n) is 9.67. The molecule has 4 aliphatic rings. The summed E-state index contributed by atoms with van der Waals surface area (Å²) in [4.78, 5) is 0. The highest BCUT2D eigenvalue weighted by molar-refractivity contribution is 5.27. The molecule has 3 saturated carbocycles. The summed E-state index contributed by atoms with van der Waals surface area (Å²) < 4.78 is 0. The van der Waals surface area contributed by atoms with E-state index in [0.29, 0.717) is 23.2 Å². The maximum absolute atomic E-state index is 10.2. The average Bonchev–Trinajstić information content (AvgIpc) is 2.97. The van der Waals surface area contributed by atoms with Crippen molar-refractivity contribution in [3.05, 3.63) is 11.6 Å². The van der Waals surface area contributed by atoms with Gasteiger partial charge in [0.1, 0.15) is 0 Å². The molecule has 4 aliphatic carbocycles. The number of fused-ring (bicyclic) bond motifs is 5. The van der Waals surface area contributed by atoms with Crippen molar-refractivity contribution in [1.29, 1.82) is 0 Å². The molecule has 0 amide bonds. The highest BCUT2D eigenvalue weighted by atomic mass is 16.5. The van der Waals surface area contributed by atoms with Crippen LogP contribution >= 0.6 is 0 Å². The highest BCUT2D eigenvalue weighted by Gasteiger charge is 2.58. The summed E-state index contributed by atoms with van der Waals surface area (Å²) in [6, 6.07) is 0. The summed E-state index contributed by atoms with van der Waals surface area (Å²) >= 11 is 0. The maximum atomic E-state index is 10.2. The summed E-state index contributed by atoms with van der Waals surface area (Å²) in [7, 11) is 0. The van der Waals surface area contributed by atoms with Crippen LogP contribution in [0.25, 0.3) is 0 Å². The van der Waals surface area contributed by atoms with Gasteiger partial charge in [-0.15, -0.1) is 0 Å². The second-order valence-corrected chi connectivity index (χ2v) is 10.9. The van der Waals surface area contributed by atoms with Crippen LogP contribution in [0.3, 0.4) is 0 Å². The largest absolute Gasteiger partial charge is 0.393 e. The van der Waals surface area contributed by atoms with Crippen molar-refractivity contribution in [2.75, 3.05) is 0 Å². The molecule has 3 heteroatoms. The molecule has 0 aromatic heterocycles. The first-order chi connectivity index (χ1) is 12.8. The predicted octanol–water partition coefficient (Wildman–Crippen LogP) is 4.65. The van der Waals surface area contributed by atoms with Gasteiger partial charge in [-0.3, -0.25) is 0 Å². The lowest BCUT2D eigenvalue weighted by Crippen LogP contribution is -2.53. The van der Waals surface area contributed by atoms with E-state index in [1.807, 2.05) is 0 Å². The number of hydrogen-bond acceptors (Lipinski definition) is 3. The maximum Gasteiger partial charge on any atom is 0.151 e. The Labute approximate surface area is 165 Å². The summed E-state index contributed by atoms with van der Waals surface area (Å²) in [6.45, 7) is 7.35. The Morgan fingerprint density at radius 2 is 1.81 bits per heavy atom. The van der Waals surface area contributed by atoms with E-state index in [-0.39, 0.29) is 6.10 Å². The van der Waals surface area contributed by atoms with E-state index in [1.54, 1.807) is 5.57 Å². The molecule has 0 saturated heterocycles. The van der Waals surface area contributed by atoms with Crippen LogP contribution in [0.4, 0.5) is 0 Å². The molecule has 0 heterocycles. The van der Waals surface area contributed by atoms with Gasteiger partial charge in [0.2, 0.25) is 0 Å². The number of rotatable bonds is 4. The minimum atomic E-state index is -1.18. The number of allylic oxidation sites excluding steroid dienone is 2. The Balaban J connectivity index is 1.51. The van der Waals surface area contributed by atoms with Gasteiger partial charge in [-0.2, -0.15) is 0 Å². The van der Waals surface area contributed by atoms with Crippen LogP contribution in [0.5, 0.6) is 0 Å². The molecule has 3 fully saturated rings. The van der Waals surface area contributed by atoms with E-state index >= 15 is 0 Å². The molecule has 0 aliphatic heterocycles. The van der Waals surface area contributed by atoms with Gasteiger partial charge in [0.15, 0.2) is 6.29 Å². The molecule has 0 aromatic carbocycles. The van der Waals surface area contributed by atoms with Crippen molar-refractivity contribution in [2.45, 2.75) is 97.4 Å². The number of aliphatic hydroxyl groups excluding tert-OH is 2. The lowest BCUT2D eigenvalue weighted by molar-refractivity contribution is -0.118. The van der Waals surface area contributed by atoms with Gasteiger partial charge in [0, 0.05) is 0 Å². The van der Waals surface area contributed by atoms with Crippen LogP contribution in [0.15, 0.2) is 11.6 Å². The fourth-order valence-corrected chi connectivity index (χ4v) is 8.15. The molecule has 0 bridgehead atoms. The topological polar surface area (TPSA) is 60.7 Å². The minimum Gasteiger partial charge on any atom is -0.393 e. The SMILES string of the molecule is CC(CCC(O)O)C1=CC[C@H]2C3CCC4C[C@H](O)CC[C@]4(C)[C@H]3CC[C@]12C. The molecule has 3 N–H and O–H groups in total. The minimum absolute atomic E-state index is 0.0593. The molecule has 8 atom stereocenters. The van der Waals surface area contributed by atoms with Crippen molar-refractivity contribution >= 4 is 0 Å². The zero-order chi connectivity index (χ0) is 19.4. The molecule has 0 spiro atoms. The highest BCUT2D eigenvalue weighted by Crippen LogP contribution is 2.67. The zero-order valence-corrected chi connectivity index (χ0v) is 17.5. The molecular formula is C24H40O3. The van der Waals surface area contributed by atoms with Gasteiger partial charge in [-0.05, 0) is 105 Å². The Morgan fingerprint density at radius 1 is 1.04 bits per heavy atom. The van der Waals surface area contributed by atoms with Crippen molar-refractivity contribution in [3.8, 4) is 0 Å². The quantitative estimate of drug-likeness (QED) is 0.494. The summed E-state index contributed by atoms with van der Waals surface area (Å²) in [5, 5.41) is 28.7. The first-order valence-corrected chi connectivity index (χ1v) is 11.5. The lowest BCUT2D eigenvalue weighted by atomic mass is 9.44. The predicted molar refractivity (Wildman–Crippen MR) is 108 cm³/mol. The van der Waals surface area contributed by atoms with Gasteiger partial charge in [-0.25, -0.2) is 0 Å². The molecule has 27 heavy (non-hydrogen) atoms. The van der Waals surface area contributed by atoms with Crippen molar-refractivity contribution in [2.24, 2.45) is 40.4 Å². The van der Waals surface area contributed by atoms with E-state index in [4.69, 9.17) is 0 Å². The fourth-order valence-electron chi connectivity index (χ4n) is 8.15. The van der Waals surface area contributed by atoms with Crippen LogP contribution in [0.2, 0.25) is 0 Å². The average molecular weight is 377 g/mol. The molecule has 154 valence electrons. The molecule has 4 rings (SSSR count). The van der Waals surface area contributed by atoms with Crippen molar-refractivity contribution in [1.82, 2.24) is 0 Å². The molecule has 3 nitrogen and oxygen atoms in total. The molecular weight excluding hydrogens is 336 g/mol. The van der Waals surface area contributed by atoms with Crippen LogP contribution in [-0.4, -0.2) is 27.7 Å². The third kappa shape index (κ3) is 3.22. The van der Waals surface area contributed by atoms with Crippen molar-refractivity contribution in [3.63, 3.8) is 0 Å².